The van der Waals surface area contributed by atoms with Gasteiger partial charge >= 0.3 is 5.97 Å². The molecule has 2 unspecified atom stereocenters. The first kappa shape index (κ1) is 27.6. The molecule has 1 aromatic carbocycles. The molecule has 1 aliphatic heterocycles. The Kier molecular flexibility index (Phi) is 8.86. The Morgan fingerprint density at radius 2 is 2.00 bits per heavy atom. The van der Waals surface area contributed by atoms with E-state index in [9.17, 15) is 4.79 Å². The molecule has 0 N–H and O–H groups in total. The molecule has 4 heterocycles. The first-order chi connectivity index (χ1) is 18.9. The van der Waals surface area contributed by atoms with Crippen molar-refractivity contribution in [3.05, 3.63) is 77.2 Å². The first-order valence-electron chi connectivity index (χ1n) is 12.6. The van der Waals surface area contributed by atoms with Gasteiger partial charge in [-0.15, -0.1) is 0 Å². The van der Waals surface area contributed by atoms with E-state index in [0.717, 1.165) is 21.7 Å². The highest BCUT2D eigenvalue weighted by Crippen LogP contribution is 2.45. The van der Waals surface area contributed by atoms with Crippen molar-refractivity contribution in [3.8, 4) is 16.5 Å². The van der Waals surface area contributed by atoms with Gasteiger partial charge in [-0.2, -0.15) is 5.10 Å². The molecule has 0 aliphatic carbocycles. The first-order valence-corrected chi connectivity index (χ1v) is 14.7. The quantitative estimate of drug-likeness (QED) is 0.205. The number of ether oxygens (including phenoxy) is 3. The number of nitrogens with zero attached hydrogens (tertiary/aromatic N) is 4. The summed E-state index contributed by atoms with van der Waals surface area (Å²) < 4.78 is 19.7. The Labute approximate surface area is 240 Å². The van der Waals surface area contributed by atoms with E-state index in [1.165, 1.54) is 18.3 Å². The second-order valence-electron chi connectivity index (χ2n) is 9.49. The van der Waals surface area contributed by atoms with E-state index in [1.54, 1.807) is 24.2 Å². The summed E-state index contributed by atoms with van der Waals surface area (Å²) in [6.45, 7) is 6.31. The third kappa shape index (κ3) is 6.81. The van der Waals surface area contributed by atoms with Gasteiger partial charge in [-0.05, 0) is 11.6 Å². The van der Waals surface area contributed by atoms with Crippen LogP contribution in [0.3, 0.4) is 0 Å². The fraction of sp³-hybridized carbons (Fsp3) is 0.357. The van der Waals surface area contributed by atoms with Crippen LogP contribution in [0.2, 0.25) is 5.02 Å². The minimum atomic E-state index is -0.334. The lowest BCUT2D eigenvalue weighted by atomic mass is 9.84. The molecule has 4 aromatic rings. The van der Waals surface area contributed by atoms with Gasteiger partial charge in [-0.1, -0.05) is 78.9 Å². The third-order valence-corrected chi connectivity index (χ3v) is 8.90. The number of esters is 1. The minimum Gasteiger partial charge on any atom is -0.465 e. The Balaban J connectivity index is 1.34. The summed E-state index contributed by atoms with van der Waals surface area (Å²) in [5, 5.41) is 7.90. The number of carbonyl (C=O) groups excluding carboxylic acids is 1. The number of thioether (sulfide) groups is 1. The van der Waals surface area contributed by atoms with Crippen molar-refractivity contribution in [3.63, 3.8) is 0 Å². The van der Waals surface area contributed by atoms with E-state index in [1.807, 2.05) is 58.9 Å². The van der Waals surface area contributed by atoms with Crippen LogP contribution >= 0.6 is 34.7 Å². The van der Waals surface area contributed by atoms with Crippen LogP contribution < -0.4 is 4.74 Å². The third-order valence-electron chi connectivity index (χ3n) is 6.68. The molecule has 5 atom stereocenters. The van der Waals surface area contributed by atoms with Gasteiger partial charge in [0.05, 0.1) is 29.1 Å². The lowest BCUT2D eigenvalue weighted by Gasteiger charge is -2.44. The lowest BCUT2D eigenvalue weighted by Crippen LogP contribution is -2.47. The number of benzene rings is 1. The minimum absolute atomic E-state index is 0.00913. The highest BCUT2D eigenvalue weighted by atomic mass is 35.5. The van der Waals surface area contributed by atoms with Crippen LogP contribution in [-0.2, 0) is 20.9 Å². The molecule has 3 aromatic heterocycles. The molecule has 1 aliphatic rings. The zero-order valence-corrected chi connectivity index (χ0v) is 24.2. The number of hydrogen-bond donors (Lipinski definition) is 0. The van der Waals surface area contributed by atoms with Gasteiger partial charge in [0, 0.05) is 53.2 Å². The molecule has 0 spiro atoms. The predicted molar refractivity (Wildman–Crippen MR) is 152 cm³/mol. The van der Waals surface area contributed by atoms with E-state index < -0.39 is 0 Å². The van der Waals surface area contributed by atoms with Crippen LogP contribution in [0.5, 0.6) is 5.19 Å². The van der Waals surface area contributed by atoms with Crippen molar-refractivity contribution < 1.29 is 19.0 Å². The Morgan fingerprint density at radius 3 is 2.77 bits per heavy atom. The van der Waals surface area contributed by atoms with E-state index >= 15 is 0 Å². The molecule has 0 saturated carbocycles. The topological polar surface area (TPSA) is 88.4 Å². The van der Waals surface area contributed by atoms with Crippen LogP contribution in [0.1, 0.15) is 32.4 Å². The molecular weight excluding hydrogens is 556 g/mol. The van der Waals surface area contributed by atoms with Gasteiger partial charge in [0.2, 0.25) is 0 Å². The average molecular weight is 585 g/mol. The highest BCUT2D eigenvalue weighted by molar-refractivity contribution is 7.99. The molecule has 0 radical (unpaired) electrons. The van der Waals surface area contributed by atoms with Gasteiger partial charge in [0.25, 0.3) is 5.19 Å². The molecule has 11 heteroatoms. The summed E-state index contributed by atoms with van der Waals surface area (Å²) in [5.41, 5.74) is 2.59. The Morgan fingerprint density at radius 1 is 1.18 bits per heavy atom. The van der Waals surface area contributed by atoms with Gasteiger partial charge < -0.3 is 14.2 Å². The van der Waals surface area contributed by atoms with E-state index in [2.05, 4.69) is 23.8 Å². The number of hydrogen-bond acceptors (Lipinski definition) is 9. The second kappa shape index (κ2) is 12.5. The number of carbonyl (C=O) groups is 1. The summed E-state index contributed by atoms with van der Waals surface area (Å²) in [6, 6.07) is 11.9. The maximum atomic E-state index is 11.6. The number of pyridine rings is 1. The SMILES string of the molecule is CC(=O)OCC1O[C@H](Sc2cncc(Cl)c2)C(C)[C@@H](n2cc(-c3csc(OCc4ccccc4)n3)cn2)[C@H]1C. The van der Waals surface area contributed by atoms with Crippen LogP contribution in [-0.4, -0.2) is 43.9 Å². The summed E-state index contributed by atoms with van der Waals surface area (Å²) in [6.07, 6.45) is 6.92. The fourth-order valence-electron chi connectivity index (χ4n) is 4.69. The molecule has 1 fully saturated rings. The largest absolute Gasteiger partial charge is 0.465 e. The van der Waals surface area contributed by atoms with Gasteiger partial charge in [-0.3, -0.25) is 14.5 Å². The van der Waals surface area contributed by atoms with Crippen molar-refractivity contribution in [2.24, 2.45) is 11.8 Å². The zero-order chi connectivity index (χ0) is 27.4. The Bertz CT molecular complexity index is 1400. The maximum absolute atomic E-state index is 11.6. The van der Waals surface area contributed by atoms with Gasteiger partial charge in [0.1, 0.15) is 18.6 Å². The maximum Gasteiger partial charge on any atom is 0.302 e. The smallest absolute Gasteiger partial charge is 0.302 e. The van der Waals surface area contributed by atoms with Crippen LogP contribution in [0.15, 0.2) is 71.5 Å². The second-order valence-corrected chi connectivity index (χ2v) is 11.9. The van der Waals surface area contributed by atoms with Crippen LogP contribution in [0.4, 0.5) is 0 Å². The molecule has 0 amide bonds. The average Bonchev–Trinajstić information content (AvgIpc) is 3.59. The van der Waals surface area contributed by atoms with Gasteiger partial charge in [0.15, 0.2) is 0 Å². The monoisotopic (exact) mass is 584 g/mol. The van der Waals surface area contributed by atoms with Crippen molar-refractivity contribution in [1.29, 1.82) is 0 Å². The molecule has 1 saturated heterocycles. The number of halogens is 1. The molecule has 204 valence electrons. The normalized spacial score (nSPS) is 22.9. The Hall–Kier alpha value is -2.92. The van der Waals surface area contributed by atoms with E-state index in [0.29, 0.717) is 16.8 Å². The van der Waals surface area contributed by atoms with Crippen molar-refractivity contribution in [2.75, 3.05) is 6.61 Å². The zero-order valence-electron chi connectivity index (χ0n) is 21.8. The summed E-state index contributed by atoms with van der Waals surface area (Å²) in [5.74, 6) is -0.230. The van der Waals surface area contributed by atoms with Crippen LogP contribution in [0, 0.1) is 11.8 Å². The lowest BCUT2D eigenvalue weighted by molar-refractivity contribution is -0.156. The van der Waals surface area contributed by atoms with Crippen molar-refractivity contribution in [2.45, 2.75) is 49.9 Å². The summed E-state index contributed by atoms with van der Waals surface area (Å²) >= 11 is 9.19. The molecule has 0 bridgehead atoms. The molecule has 39 heavy (non-hydrogen) atoms. The standard InChI is InChI=1S/C28H29ClN4O4S2/c1-17-25(15-35-19(3)34)37-27(39-23-9-22(29)11-30-12-23)18(2)26(17)33-13-21(10-31-33)24-16-38-28(32-24)36-14-20-7-5-4-6-8-20/h4-13,16-18,25-27H,14-15H2,1-3H3/t17-,18?,25?,26-,27+/m0/s1. The fourth-order valence-corrected chi connectivity index (χ4v) is 6.76. The van der Waals surface area contributed by atoms with E-state index in [-0.39, 0.29) is 42.0 Å². The summed E-state index contributed by atoms with van der Waals surface area (Å²) in [7, 11) is 0. The van der Waals surface area contributed by atoms with Gasteiger partial charge in [-0.25, -0.2) is 4.98 Å². The number of rotatable bonds is 9. The van der Waals surface area contributed by atoms with E-state index in [4.69, 9.17) is 30.9 Å². The number of aromatic nitrogens is 4. The highest BCUT2D eigenvalue weighted by Gasteiger charge is 2.44. The van der Waals surface area contributed by atoms with Crippen molar-refractivity contribution in [1.82, 2.24) is 19.7 Å². The van der Waals surface area contributed by atoms with Crippen LogP contribution in [0.25, 0.3) is 11.3 Å². The molecule has 5 rings (SSSR count). The molecular formula is C28H29ClN4O4S2. The molecule has 8 nitrogen and oxygen atoms in total. The predicted octanol–water partition coefficient (Wildman–Crippen LogP) is 6.53. The summed E-state index contributed by atoms with van der Waals surface area (Å²) in [4.78, 5) is 21.4. The van der Waals surface area contributed by atoms with Crippen molar-refractivity contribution >= 4 is 40.7 Å². The number of thiazole rings is 1.